The van der Waals surface area contributed by atoms with Crippen molar-refractivity contribution in [1.29, 1.82) is 0 Å². The minimum Gasteiger partial charge on any atom is -0.308 e. The summed E-state index contributed by atoms with van der Waals surface area (Å²) in [7, 11) is 0. The molecule has 3 rings (SSSR count). The summed E-state index contributed by atoms with van der Waals surface area (Å²) in [6, 6.07) is 8.76. The van der Waals surface area contributed by atoms with Crippen LogP contribution in [0, 0.1) is 0 Å². The monoisotopic (exact) mass is 286 g/mol. The summed E-state index contributed by atoms with van der Waals surface area (Å²) in [5, 5.41) is 20.2. The summed E-state index contributed by atoms with van der Waals surface area (Å²) >= 11 is 1.52. The zero-order chi connectivity index (χ0) is 13.8. The Morgan fingerprint density at radius 1 is 1.10 bits per heavy atom. The number of carbonyl (C=O) groups excluding carboxylic acids is 1. The lowest BCUT2D eigenvalue weighted by Crippen LogP contribution is -2.18. The lowest BCUT2D eigenvalue weighted by atomic mass is 10.3. The average Bonchev–Trinajstić information content (AvgIpc) is 3.12. The number of hydrogen-bond donors (Lipinski definition) is 2. The number of carbonyl (C=O) groups is 1. The quantitative estimate of drug-likeness (QED) is 0.774. The van der Waals surface area contributed by atoms with Crippen LogP contribution >= 0.6 is 11.3 Å². The molecule has 2 heterocycles. The highest BCUT2D eigenvalue weighted by atomic mass is 32.1. The van der Waals surface area contributed by atoms with E-state index in [4.69, 9.17) is 0 Å². The van der Waals surface area contributed by atoms with Crippen molar-refractivity contribution in [1.82, 2.24) is 20.2 Å². The molecule has 0 radical (unpaired) electrons. The Balaban J connectivity index is 1.65. The first-order valence-corrected chi connectivity index (χ1v) is 6.69. The number of hydrogen-bond acceptors (Lipinski definition) is 5. The van der Waals surface area contributed by atoms with Crippen LogP contribution in [-0.4, -0.2) is 26.2 Å². The SMILES string of the molecule is O=C(Nc1ccc(-n2cnnn2)cc1)Nc1ccsc1. The maximum atomic E-state index is 11.7. The fraction of sp³-hybridized carbons (Fsp3) is 0. The Morgan fingerprint density at radius 2 is 1.90 bits per heavy atom. The number of aromatic nitrogens is 4. The van der Waals surface area contributed by atoms with Crippen molar-refractivity contribution >= 4 is 28.7 Å². The topological polar surface area (TPSA) is 84.7 Å². The van der Waals surface area contributed by atoms with Gasteiger partial charge in [-0.15, -0.1) is 5.10 Å². The van der Waals surface area contributed by atoms with Crippen molar-refractivity contribution < 1.29 is 4.79 Å². The third-order valence-electron chi connectivity index (χ3n) is 2.52. The molecule has 0 aliphatic heterocycles. The molecule has 0 unspecified atom stereocenters. The van der Waals surface area contributed by atoms with Crippen molar-refractivity contribution in [2.75, 3.05) is 10.6 Å². The van der Waals surface area contributed by atoms with Crippen LogP contribution in [0.25, 0.3) is 5.69 Å². The number of tetrazole rings is 1. The van der Waals surface area contributed by atoms with E-state index in [2.05, 4.69) is 26.2 Å². The van der Waals surface area contributed by atoms with Crippen molar-refractivity contribution in [3.8, 4) is 5.69 Å². The van der Waals surface area contributed by atoms with E-state index in [1.54, 1.807) is 12.1 Å². The van der Waals surface area contributed by atoms with Gasteiger partial charge in [0.2, 0.25) is 0 Å². The van der Waals surface area contributed by atoms with Gasteiger partial charge in [-0.2, -0.15) is 11.3 Å². The highest BCUT2D eigenvalue weighted by molar-refractivity contribution is 7.08. The fourth-order valence-corrected chi connectivity index (χ4v) is 2.19. The van der Waals surface area contributed by atoms with Crippen LogP contribution in [0.5, 0.6) is 0 Å². The molecular weight excluding hydrogens is 276 g/mol. The van der Waals surface area contributed by atoms with Crippen LogP contribution in [0.2, 0.25) is 0 Å². The molecule has 0 saturated carbocycles. The van der Waals surface area contributed by atoms with Gasteiger partial charge in [-0.3, -0.25) is 0 Å². The van der Waals surface area contributed by atoms with E-state index < -0.39 is 0 Å². The average molecular weight is 286 g/mol. The molecule has 0 aliphatic rings. The first kappa shape index (κ1) is 12.3. The third kappa shape index (κ3) is 2.81. The van der Waals surface area contributed by atoms with Gasteiger partial charge in [-0.25, -0.2) is 9.48 Å². The van der Waals surface area contributed by atoms with Crippen LogP contribution in [0.1, 0.15) is 0 Å². The van der Waals surface area contributed by atoms with Crippen LogP contribution in [-0.2, 0) is 0 Å². The molecule has 2 amide bonds. The van der Waals surface area contributed by atoms with Gasteiger partial charge in [0.05, 0.1) is 11.4 Å². The number of thiophene rings is 1. The van der Waals surface area contributed by atoms with Crippen LogP contribution in [0.15, 0.2) is 47.4 Å². The molecule has 3 aromatic rings. The van der Waals surface area contributed by atoms with Gasteiger partial charge in [0.25, 0.3) is 0 Å². The van der Waals surface area contributed by atoms with E-state index >= 15 is 0 Å². The second-order valence-electron chi connectivity index (χ2n) is 3.89. The lowest BCUT2D eigenvalue weighted by Gasteiger charge is -2.07. The lowest BCUT2D eigenvalue weighted by molar-refractivity contribution is 0.262. The van der Waals surface area contributed by atoms with E-state index in [0.29, 0.717) is 5.69 Å². The van der Waals surface area contributed by atoms with Gasteiger partial charge >= 0.3 is 6.03 Å². The van der Waals surface area contributed by atoms with E-state index in [1.807, 2.05) is 29.0 Å². The van der Waals surface area contributed by atoms with Crippen molar-refractivity contribution in [3.05, 3.63) is 47.4 Å². The predicted molar refractivity (Wildman–Crippen MR) is 76.1 cm³/mol. The minimum absolute atomic E-state index is 0.279. The van der Waals surface area contributed by atoms with E-state index in [0.717, 1.165) is 11.4 Å². The van der Waals surface area contributed by atoms with E-state index in [-0.39, 0.29) is 6.03 Å². The zero-order valence-electron chi connectivity index (χ0n) is 10.2. The molecule has 0 saturated heterocycles. The summed E-state index contributed by atoms with van der Waals surface area (Å²) in [5.74, 6) is 0. The first-order chi connectivity index (χ1) is 9.81. The Labute approximate surface area is 118 Å². The molecule has 1 aromatic carbocycles. The fourth-order valence-electron chi connectivity index (χ4n) is 1.61. The molecule has 2 aromatic heterocycles. The van der Waals surface area contributed by atoms with Gasteiger partial charge in [-0.1, -0.05) is 0 Å². The number of anilines is 2. The summed E-state index contributed by atoms with van der Waals surface area (Å²) in [6.07, 6.45) is 1.51. The first-order valence-electron chi connectivity index (χ1n) is 5.75. The highest BCUT2D eigenvalue weighted by Gasteiger charge is 2.03. The van der Waals surface area contributed by atoms with Crippen LogP contribution < -0.4 is 10.6 Å². The molecule has 0 atom stereocenters. The van der Waals surface area contributed by atoms with Crippen LogP contribution in [0.4, 0.5) is 16.2 Å². The maximum Gasteiger partial charge on any atom is 0.323 e. The van der Waals surface area contributed by atoms with Gasteiger partial charge < -0.3 is 10.6 Å². The number of benzene rings is 1. The summed E-state index contributed by atoms with van der Waals surface area (Å²) < 4.78 is 1.54. The maximum absolute atomic E-state index is 11.7. The molecule has 0 aliphatic carbocycles. The number of urea groups is 1. The Hall–Kier alpha value is -2.74. The number of rotatable bonds is 3. The highest BCUT2D eigenvalue weighted by Crippen LogP contribution is 2.14. The normalized spacial score (nSPS) is 10.2. The zero-order valence-corrected chi connectivity index (χ0v) is 11.0. The van der Waals surface area contributed by atoms with Gasteiger partial charge in [0.1, 0.15) is 6.33 Å². The smallest absolute Gasteiger partial charge is 0.308 e. The van der Waals surface area contributed by atoms with E-state index in [9.17, 15) is 4.79 Å². The molecule has 20 heavy (non-hydrogen) atoms. The summed E-state index contributed by atoms with van der Waals surface area (Å²) in [6.45, 7) is 0. The Kier molecular flexibility index (Phi) is 3.38. The second kappa shape index (κ2) is 5.49. The van der Waals surface area contributed by atoms with E-state index in [1.165, 1.54) is 22.3 Å². The molecule has 0 fully saturated rings. The van der Waals surface area contributed by atoms with Crippen LogP contribution in [0.3, 0.4) is 0 Å². The van der Waals surface area contributed by atoms with Gasteiger partial charge in [-0.05, 0) is 46.1 Å². The molecule has 7 nitrogen and oxygen atoms in total. The molecule has 0 bridgehead atoms. The summed E-state index contributed by atoms with van der Waals surface area (Å²) in [4.78, 5) is 11.7. The Bertz CT molecular complexity index is 677. The molecule has 100 valence electrons. The molecule has 8 heteroatoms. The van der Waals surface area contributed by atoms with Gasteiger partial charge in [0, 0.05) is 11.1 Å². The minimum atomic E-state index is -0.279. The standard InChI is InChI=1S/C12H10N6OS/c19-12(15-10-5-6-20-7-10)14-9-1-3-11(4-2-9)18-8-13-16-17-18/h1-8H,(H2,14,15,19). The van der Waals surface area contributed by atoms with Crippen molar-refractivity contribution in [2.24, 2.45) is 0 Å². The number of amides is 2. The molecule has 2 N–H and O–H groups in total. The number of nitrogens with one attached hydrogen (secondary N) is 2. The molecule has 0 spiro atoms. The number of nitrogens with zero attached hydrogens (tertiary/aromatic N) is 4. The second-order valence-corrected chi connectivity index (χ2v) is 4.67. The van der Waals surface area contributed by atoms with Gasteiger partial charge in [0.15, 0.2) is 0 Å². The summed E-state index contributed by atoms with van der Waals surface area (Å²) in [5.41, 5.74) is 2.28. The third-order valence-corrected chi connectivity index (χ3v) is 3.20. The van der Waals surface area contributed by atoms with Crippen molar-refractivity contribution in [3.63, 3.8) is 0 Å². The van der Waals surface area contributed by atoms with Crippen molar-refractivity contribution in [2.45, 2.75) is 0 Å². The largest absolute Gasteiger partial charge is 0.323 e. The molecular formula is C12H10N6OS. The predicted octanol–water partition coefficient (Wildman–Crippen LogP) is 2.37. The Morgan fingerprint density at radius 3 is 2.55 bits per heavy atom.